The summed E-state index contributed by atoms with van der Waals surface area (Å²) >= 11 is 3.40. The fourth-order valence-corrected chi connectivity index (χ4v) is 1.92. The summed E-state index contributed by atoms with van der Waals surface area (Å²) in [5, 5.41) is 0. The third kappa shape index (κ3) is 3.09. The molecule has 0 radical (unpaired) electrons. The molecule has 0 saturated heterocycles. The topological polar surface area (TPSA) is 18.5 Å². The van der Waals surface area contributed by atoms with Gasteiger partial charge in [-0.25, -0.2) is 4.39 Å². The maximum absolute atomic E-state index is 12.9. The molecule has 2 nitrogen and oxygen atoms in total. The van der Waals surface area contributed by atoms with E-state index >= 15 is 0 Å². The van der Waals surface area contributed by atoms with Gasteiger partial charge in [0.15, 0.2) is 6.79 Å². The van der Waals surface area contributed by atoms with Gasteiger partial charge >= 0.3 is 0 Å². The first kappa shape index (κ1) is 13.1. The van der Waals surface area contributed by atoms with Crippen LogP contribution >= 0.6 is 15.9 Å². The molecule has 0 fully saturated rings. The summed E-state index contributed by atoms with van der Waals surface area (Å²) in [7, 11) is 1.57. The van der Waals surface area contributed by atoms with Gasteiger partial charge in [0.25, 0.3) is 0 Å². The second-order valence-electron chi connectivity index (χ2n) is 3.70. The predicted molar refractivity (Wildman–Crippen MR) is 72.0 cm³/mol. The zero-order valence-corrected chi connectivity index (χ0v) is 11.4. The first-order chi connectivity index (χ1) is 8.70. The van der Waals surface area contributed by atoms with Crippen LogP contribution in [0.2, 0.25) is 0 Å². The van der Waals surface area contributed by atoms with E-state index in [0.29, 0.717) is 5.75 Å². The SMILES string of the molecule is COCOc1cc(-c2ccc(F)cc2)ccc1Br. The first-order valence-electron chi connectivity index (χ1n) is 5.38. The number of hydrogen-bond donors (Lipinski definition) is 0. The number of halogens is 2. The molecule has 4 heteroatoms. The summed E-state index contributed by atoms with van der Waals surface area (Å²) in [6, 6.07) is 12.1. The van der Waals surface area contributed by atoms with E-state index in [2.05, 4.69) is 15.9 Å². The Morgan fingerprint density at radius 3 is 2.39 bits per heavy atom. The third-order valence-corrected chi connectivity index (χ3v) is 3.10. The summed E-state index contributed by atoms with van der Waals surface area (Å²) in [6.45, 7) is 0.186. The molecule has 2 aromatic carbocycles. The van der Waals surface area contributed by atoms with E-state index in [4.69, 9.17) is 9.47 Å². The largest absolute Gasteiger partial charge is 0.466 e. The van der Waals surface area contributed by atoms with Gasteiger partial charge in [-0.2, -0.15) is 0 Å². The predicted octanol–water partition coefficient (Wildman–Crippen LogP) is 4.24. The minimum absolute atomic E-state index is 0.186. The smallest absolute Gasteiger partial charge is 0.188 e. The molecule has 0 amide bonds. The van der Waals surface area contributed by atoms with E-state index in [1.807, 2.05) is 18.2 Å². The number of benzene rings is 2. The van der Waals surface area contributed by atoms with E-state index in [1.165, 1.54) is 12.1 Å². The van der Waals surface area contributed by atoms with Crippen molar-refractivity contribution in [2.75, 3.05) is 13.9 Å². The number of rotatable bonds is 4. The van der Waals surface area contributed by atoms with E-state index in [0.717, 1.165) is 15.6 Å². The van der Waals surface area contributed by atoms with Crippen LogP contribution in [0, 0.1) is 5.82 Å². The van der Waals surface area contributed by atoms with Gasteiger partial charge in [0.1, 0.15) is 11.6 Å². The monoisotopic (exact) mass is 310 g/mol. The van der Waals surface area contributed by atoms with Crippen LogP contribution in [0.3, 0.4) is 0 Å². The zero-order chi connectivity index (χ0) is 13.0. The Balaban J connectivity index is 2.31. The molecular weight excluding hydrogens is 299 g/mol. The minimum Gasteiger partial charge on any atom is -0.466 e. The van der Waals surface area contributed by atoms with Gasteiger partial charge in [-0.1, -0.05) is 18.2 Å². The van der Waals surface area contributed by atoms with Crippen LogP contribution in [-0.4, -0.2) is 13.9 Å². The van der Waals surface area contributed by atoms with Gasteiger partial charge in [0.05, 0.1) is 4.47 Å². The van der Waals surface area contributed by atoms with Crippen LogP contribution in [0.15, 0.2) is 46.9 Å². The molecule has 0 spiro atoms. The molecule has 2 aromatic rings. The summed E-state index contributed by atoms with van der Waals surface area (Å²) in [5.41, 5.74) is 1.90. The Kier molecular flexibility index (Phi) is 4.33. The highest BCUT2D eigenvalue weighted by Gasteiger charge is 2.05. The highest BCUT2D eigenvalue weighted by atomic mass is 79.9. The fraction of sp³-hybridized carbons (Fsp3) is 0.143. The van der Waals surface area contributed by atoms with Crippen molar-refractivity contribution >= 4 is 15.9 Å². The Morgan fingerprint density at radius 2 is 1.72 bits per heavy atom. The molecule has 0 heterocycles. The minimum atomic E-state index is -0.244. The molecule has 0 atom stereocenters. The standard InChI is InChI=1S/C14H12BrFO2/c1-17-9-18-14-8-11(4-7-13(14)15)10-2-5-12(16)6-3-10/h2-8H,9H2,1H3. The van der Waals surface area contributed by atoms with E-state index in [1.54, 1.807) is 19.2 Å². The van der Waals surface area contributed by atoms with Crippen molar-refractivity contribution in [3.63, 3.8) is 0 Å². The van der Waals surface area contributed by atoms with Crippen molar-refractivity contribution in [1.82, 2.24) is 0 Å². The summed E-state index contributed by atoms with van der Waals surface area (Å²) in [6.07, 6.45) is 0. The second kappa shape index (κ2) is 5.98. The van der Waals surface area contributed by atoms with Crippen LogP contribution in [0.25, 0.3) is 11.1 Å². The van der Waals surface area contributed by atoms with Gasteiger partial charge in [0, 0.05) is 7.11 Å². The lowest BCUT2D eigenvalue weighted by Gasteiger charge is -2.09. The first-order valence-corrected chi connectivity index (χ1v) is 6.17. The maximum atomic E-state index is 12.9. The lowest BCUT2D eigenvalue weighted by atomic mass is 10.1. The van der Waals surface area contributed by atoms with Crippen LogP contribution in [0.1, 0.15) is 0 Å². The number of methoxy groups -OCH3 is 1. The van der Waals surface area contributed by atoms with Crippen molar-refractivity contribution in [3.05, 3.63) is 52.8 Å². The van der Waals surface area contributed by atoms with Crippen LogP contribution in [0.4, 0.5) is 4.39 Å². The molecule has 94 valence electrons. The molecule has 0 saturated carbocycles. The lowest BCUT2D eigenvalue weighted by molar-refractivity contribution is 0.0506. The van der Waals surface area contributed by atoms with Crippen molar-refractivity contribution in [2.45, 2.75) is 0 Å². The number of ether oxygens (including phenoxy) is 2. The van der Waals surface area contributed by atoms with Crippen LogP contribution in [-0.2, 0) is 4.74 Å². The molecular formula is C14H12BrFO2. The second-order valence-corrected chi connectivity index (χ2v) is 4.56. The third-order valence-electron chi connectivity index (χ3n) is 2.44. The van der Waals surface area contributed by atoms with Crippen molar-refractivity contribution in [2.24, 2.45) is 0 Å². The lowest BCUT2D eigenvalue weighted by Crippen LogP contribution is -1.99. The summed E-state index contributed by atoms with van der Waals surface area (Å²) in [4.78, 5) is 0. The molecule has 0 N–H and O–H groups in total. The van der Waals surface area contributed by atoms with Gasteiger partial charge in [-0.05, 0) is 51.3 Å². The van der Waals surface area contributed by atoms with Crippen molar-refractivity contribution in [3.8, 4) is 16.9 Å². The Morgan fingerprint density at radius 1 is 1.06 bits per heavy atom. The maximum Gasteiger partial charge on any atom is 0.188 e. The summed E-state index contributed by atoms with van der Waals surface area (Å²) in [5.74, 6) is 0.449. The van der Waals surface area contributed by atoms with E-state index < -0.39 is 0 Å². The van der Waals surface area contributed by atoms with E-state index in [9.17, 15) is 4.39 Å². The normalized spacial score (nSPS) is 10.4. The van der Waals surface area contributed by atoms with Crippen LogP contribution in [0.5, 0.6) is 5.75 Å². The van der Waals surface area contributed by atoms with Gasteiger partial charge in [0.2, 0.25) is 0 Å². The fourth-order valence-electron chi connectivity index (χ4n) is 1.56. The Bertz CT molecular complexity index is 526. The number of hydrogen-bond acceptors (Lipinski definition) is 2. The quantitative estimate of drug-likeness (QED) is 0.786. The van der Waals surface area contributed by atoms with Gasteiger partial charge in [-0.3, -0.25) is 0 Å². The van der Waals surface area contributed by atoms with Crippen molar-refractivity contribution < 1.29 is 13.9 Å². The Hall–Kier alpha value is -1.39. The molecule has 0 bridgehead atoms. The highest BCUT2D eigenvalue weighted by molar-refractivity contribution is 9.10. The molecule has 0 aliphatic carbocycles. The average Bonchev–Trinajstić information content (AvgIpc) is 2.39. The molecule has 18 heavy (non-hydrogen) atoms. The highest BCUT2D eigenvalue weighted by Crippen LogP contribution is 2.31. The van der Waals surface area contributed by atoms with Crippen LogP contribution < -0.4 is 4.74 Å². The molecule has 0 unspecified atom stereocenters. The Labute approximate surface area is 113 Å². The van der Waals surface area contributed by atoms with Gasteiger partial charge in [-0.15, -0.1) is 0 Å². The van der Waals surface area contributed by atoms with Gasteiger partial charge < -0.3 is 9.47 Å². The average molecular weight is 311 g/mol. The van der Waals surface area contributed by atoms with Crippen molar-refractivity contribution in [1.29, 1.82) is 0 Å². The molecule has 0 aromatic heterocycles. The molecule has 2 rings (SSSR count). The molecule has 0 aliphatic heterocycles. The summed E-state index contributed by atoms with van der Waals surface area (Å²) < 4.78 is 24.0. The van der Waals surface area contributed by atoms with E-state index in [-0.39, 0.29) is 12.6 Å². The zero-order valence-electron chi connectivity index (χ0n) is 9.82. The molecule has 0 aliphatic rings.